The lowest BCUT2D eigenvalue weighted by Crippen LogP contribution is -2.57. The molecular weight excluding hydrogens is 496 g/mol. The van der Waals surface area contributed by atoms with Crippen molar-refractivity contribution in [1.82, 2.24) is 4.90 Å². The van der Waals surface area contributed by atoms with Gasteiger partial charge in [0.1, 0.15) is 24.2 Å². The molecule has 6 atom stereocenters. The molecule has 2 fully saturated rings. The van der Waals surface area contributed by atoms with Gasteiger partial charge in [-0.15, -0.1) is 0 Å². The van der Waals surface area contributed by atoms with E-state index in [0.717, 1.165) is 16.8 Å². The Morgan fingerprint density at radius 1 is 0.949 bits per heavy atom. The van der Waals surface area contributed by atoms with Crippen molar-refractivity contribution in [1.29, 1.82) is 0 Å². The largest absolute Gasteiger partial charge is 0.461 e. The third-order valence-corrected chi connectivity index (χ3v) is 8.65. The number of para-hydroxylation sites is 1. The van der Waals surface area contributed by atoms with Crippen molar-refractivity contribution in [2.45, 2.75) is 44.1 Å². The van der Waals surface area contributed by atoms with Gasteiger partial charge in [0.15, 0.2) is 0 Å². The third kappa shape index (κ3) is 3.62. The van der Waals surface area contributed by atoms with Crippen molar-refractivity contribution >= 4 is 23.5 Å². The van der Waals surface area contributed by atoms with E-state index in [-0.39, 0.29) is 19.1 Å². The predicted octanol–water partition coefficient (Wildman–Crippen LogP) is 3.02. The van der Waals surface area contributed by atoms with Crippen LogP contribution in [-0.4, -0.2) is 64.8 Å². The molecule has 2 amide bonds. The Bertz CT molecular complexity index is 1380. The molecule has 1 spiro atoms. The fourth-order valence-corrected chi connectivity index (χ4v) is 7.09. The molecule has 1 N–H and O–H groups in total. The number of nitrogens with zero attached hydrogens (tertiary/aromatic N) is 2. The van der Waals surface area contributed by atoms with Crippen molar-refractivity contribution in [3.63, 3.8) is 0 Å². The summed E-state index contributed by atoms with van der Waals surface area (Å²) in [4.78, 5) is 45.7. The Hall–Kier alpha value is -3.75. The van der Waals surface area contributed by atoms with Crippen molar-refractivity contribution in [2.24, 2.45) is 11.8 Å². The van der Waals surface area contributed by atoms with Crippen molar-refractivity contribution in [3.8, 4) is 0 Å². The maximum absolute atomic E-state index is 14.7. The first-order chi connectivity index (χ1) is 18.7. The monoisotopic (exact) mass is 528 g/mol. The van der Waals surface area contributed by atoms with Crippen LogP contribution in [0.2, 0.25) is 0 Å². The van der Waals surface area contributed by atoms with E-state index in [1.165, 1.54) is 4.90 Å². The Morgan fingerprint density at radius 2 is 1.67 bits per heavy atom. The Balaban J connectivity index is 1.56. The number of hydrogen-bond acceptors (Lipinski definition) is 6. The second-order valence-electron chi connectivity index (χ2n) is 11.0. The lowest BCUT2D eigenvalue weighted by Gasteiger charge is -2.40. The predicted molar refractivity (Wildman–Crippen MR) is 144 cm³/mol. The number of likely N-dealkylation sites (tertiary alicyclic amines) is 1. The molecule has 1 unspecified atom stereocenters. The molecule has 0 radical (unpaired) electrons. The van der Waals surface area contributed by atoms with Crippen LogP contribution in [0.25, 0.3) is 0 Å². The highest BCUT2D eigenvalue weighted by atomic mass is 16.6. The lowest BCUT2D eigenvalue weighted by atomic mass is 9.75. The molecule has 8 nitrogen and oxygen atoms in total. The summed E-state index contributed by atoms with van der Waals surface area (Å²) in [6.45, 7) is 5.64. The molecule has 2 saturated heterocycles. The van der Waals surface area contributed by atoms with E-state index >= 15 is 0 Å². The van der Waals surface area contributed by atoms with E-state index in [2.05, 4.69) is 0 Å². The van der Waals surface area contributed by atoms with Crippen LogP contribution in [0, 0.1) is 25.7 Å². The SMILES string of the molecule is Cc1cccc(C)c1N1CC=C[C@]23O[C@@]4(C)C=CCOC(=O)[C@H]4[C@H]2C(=O)N([C@H](CO)c2ccccc2)C3C1=O. The average Bonchev–Trinajstić information content (AvgIpc) is 3.17. The van der Waals surface area contributed by atoms with Gasteiger partial charge in [-0.25, -0.2) is 0 Å². The number of aliphatic hydroxyl groups excluding tert-OH is 1. The van der Waals surface area contributed by atoms with Gasteiger partial charge in [0.25, 0.3) is 5.91 Å². The van der Waals surface area contributed by atoms with Gasteiger partial charge in [-0.05, 0) is 43.5 Å². The molecule has 0 aromatic heterocycles. The molecular formula is C31H32N2O6. The van der Waals surface area contributed by atoms with Crippen LogP contribution in [0.4, 0.5) is 5.69 Å². The minimum absolute atomic E-state index is 0.0910. The summed E-state index contributed by atoms with van der Waals surface area (Å²) in [6, 6.07) is 13.1. The van der Waals surface area contributed by atoms with Crippen molar-refractivity contribution in [2.75, 3.05) is 24.7 Å². The molecule has 4 aliphatic heterocycles. The van der Waals surface area contributed by atoms with E-state index in [4.69, 9.17) is 9.47 Å². The first-order valence-corrected chi connectivity index (χ1v) is 13.3. The highest BCUT2D eigenvalue weighted by molar-refractivity contribution is 6.06. The number of rotatable bonds is 4. The lowest BCUT2D eigenvalue weighted by molar-refractivity contribution is -0.157. The van der Waals surface area contributed by atoms with Crippen LogP contribution in [0.15, 0.2) is 72.8 Å². The Morgan fingerprint density at radius 3 is 2.36 bits per heavy atom. The number of anilines is 1. The van der Waals surface area contributed by atoms with Crippen LogP contribution in [0.3, 0.4) is 0 Å². The quantitative estimate of drug-likeness (QED) is 0.484. The Labute approximate surface area is 227 Å². The van der Waals surface area contributed by atoms with Crippen LogP contribution in [0.1, 0.15) is 29.7 Å². The number of esters is 1. The number of cyclic esters (lactones) is 1. The summed E-state index contributed by atoms with van der Waals surface area (Å²) in [5, 5.41) is 10.6. The first-order valence-electron chi connectivity index (χ1n) is 13.3. The van der Waals surface area contributed by atoms with Gasteiger partial charge < -0.3 is 24.4 Å². The molecule has 8 heteroatoms. The molecule has 2 aromatic rings. The van der Waals surface area contributed by atoms with Crippen LogP contribution in [0.5, 0.6) is 0 Å². The van der Waals surface area contributed by atoms with Gasteiger partial charge in [0.2, 0.25) is 5.91 Å². The molecule has 0 bridgehead atoms. The maximum Gasteiger partial charge on any atom is 0.313 e. The average molecular weight is 529 g/mol. The minimum atomic E-state index is -1.43. The van der Waals surface area contributed by atoms with Crippen LogP contribution in [-0.2, 0) is 23.9 Å². The number of amides is 2. The summed E-state index contributed by atoms with van der Waals surface area (Å²) < 4.78 is 12.2. The van der Waals surface area contributed by atoms with Crippen molar-refractivity contribution < 1.29 is 29.0 Å². The second kappa shape index (κ2) is 9.17. The fourth-order valence-electron chi connectivity index (χ4n) is 7.09. The molecule has 6 rings (SSSR count). The number of ether oxygens (including phenoxy) is 2. The maximum atomic E-state index is 14.7. The van der Waals surface area contributed by atoms with Gasteiger partial charge in [0.05, 0.1) is 24.2 Å². The van der Waals surface area contributed by atoms with Gasteiger partial charge >= 0.3 is 5.97 Å². The summed E-state index contributed by atoms with van der Waals surface area (Å²) in [7, 11) is 0. The standard InChI is InChI=1S/C31H32N2O6/c1-19-10-7-11-20(2)25(19)32-16-8-15-31-23(24-29(37)38-17-9-14-30(24,3)39-31)27(35)33(26(31)28(32)36)22(18-34)21-12-5-4-6-13-21/h4-15,22-24,26,34H,16-18H2,1-3H3/t22-,23+,24-,26?,30+,31+/m1/s1. The molecule has 202 valence electrons. The molecule has 0 aliphatic carbocycles. The normalized spacial score (nSPS) is 32.3. The number of carbonyl (C=O) groups is 3. The van der Waals surface area contributed by atoms with Crippen LogP contribution < -0.4 is 4.90 Å². The molecule has 39 heavy (non-hydrogen) atoms. The second-order valence-corrected chi connectivity index (χ2v) is 11.0. The highest BCUT2D eigenvalue weighted by Gasteiger charge is 2.75. The van der Waals surface area contributed by atoms with Gasteiger partial charge in [0, 0.05) is 12.2 Å². The van der Waals surface area contributed by atoms with E-state index < -0.39 is 53.6 Å². The first kappa shape index (κ1) is 25.5. The molecule has 0 saturated carbocycles. The summed E-state index contributed by atoms with van der Waals surface area (Å²) in [5.74, 6) is -3.21. The van der Waals surface area contributed by atoms with E-state index in [1.807, 2.05) is 68.5 Å². The zero-order chi connectivity index (χ0) is 27.5. The number of aryl methyl sites for hydroxylation is 2. The van der Waals surface area contributed by atoms with Crippen molar-refractivity contribution in [3.05, 3.63) is 89.5 Å². The van der Waals surface area contributed by atoms with Crippen LogP contribution >= 0.6 is 0 Å². The summed E-state index contributed by atoms with van der Waals surface area (Å²) >= 11 is 0. The topological polar surface area (TPSA) is 96.4 Å². The highest BCUT2D eigenvalue weighted by Crippen LogP contribution is 2.58. The number of carbonyl (C=O) groups excluding carboxylic acids is 3. The number of fused-ring (bicyclic) bond motifs is 2. The van der Waals surface area contributed by atoms with E-state index in [0.29, 0.717) is 5.56 Å². The molecule has 4 heterocycles. The zero-order valence-corrected chi connectivity index (χ0v) is 22.2. The summed E-state index contributed by atoms with van der Waals surface area (Å²) in [5.41, 5.74) is 0.753. The minimum Gasteiger partial charge on any atom is -0.461 e. The molecule has 4 aliphatic rings. The molecule has 2 aromatic carbocycles. The number of benzene rings is 2. The van der Waals surface area contributed by atoms with E-state index in [1.54, 1.807) is 30.1 Å². The fraction of sp³-hybridized carbons (Fsp3) is 0.387. The van der Waals surface area contributed by atoms with Gasteiger partial charge in [-0.1, -0.05) is 66.8 Å². The smallest absolute Gasteiger partial charge is 0.313 e. The van der Waals surface area contributed by atoms with Gasteiger partial charge in [-0.3, -0.25) is 14.4 Å². The number of hydrogen-bond donors (Lipinski definition) is 1. The van der Waals surface area contributed by atoms with E-state index in [9.17, 15) is 19.5 Å². The summed E-state index contributed by atoms with van der Waals surface area (Å²) in [6.07, 6.45) is 7.15. The third-order valence-electron chi connectivity index (χ3n) is 8.65. The van der Waals surface area contributed by atoms with Gasteiger partial charge in [-0.2, -0.15) is 0 Å². The number of aliphatic hydroxyl groups is 1. The zero-order valence-electron chi connectivity index (χ0n) is 22.2. The Kier molecular flexibility index (Phi) is 6.00.